The molecule has 0 fully saturated rings. The summed E-state index contributed by atoms with van der Waals surface area (Å²) in [7, 11) is 3.87. The van der Waals surface area contributed by atoms with Gasteiger partial charge in [-0.3, -0.25) is 4.79 Å². The molecule has 0 unspecified atom stereocenters. The minimum atomic E-state index is 0.0681. The fourth-order valence-corrected chi connectivity index (χ4v) is 2.40. The number of likely N-dealkylation sites (N-methyl/N-ethyl adjacent to an activating group) is 1. The number of hydrogen-bond acceptors (Lipinski definition) is 2. The predicted molar refractivity (Wildman–Crippen MR) is 78.1 cm³/mol. The first-order valence-corrected chi connectivity index (χ1v) is 6.64. The van der Waals surface area contributed by atoms with Crippen molar-refractivity contribution in [3.63, 3.8) is 0 Å². The van der Waals surface area contributed by atoms with Crippen molar-refractivity contribution in [2.45, 2.75) is 6.42 Å². The van der Waals surface area contributed by atoms with Crippen molar-refractivity contribution in [1.82, 2.24) is 9.47 Å². The molecule has 0 atom stereocenters. The largest absolute Gasteiger partial charge is 0.350 e. The third-order valence-corrected chi connectivity index (χ3v) is 3.53. The number of carbonyl (C=O) groups is 1. The predicted octanol–water partition coefficient (Wildman–Crippen LogP) is 2.11. The standard InChI is InChI=1S/C14H18N2OS/c1-15(14(17)10-18)8-7-11-9-16(2)13-6-4-3-5-12(11)13/h3-6,9,18H,7-8,10H2,1-2H3. The Morgan fingerprint density at radius 3 is 2.83 bits per heavy atom. The van der Waals surface area contributed by atoms with Gasteiger partial charge < -0.3 is 9.47 Å². The molecule has 1 amide bonds. The molecule has 0 radical (unpaired) electrons. The molecule has 1 aromatic carbocycles. The van der Waals surface area contributed by atoms with Crippen LogP contribution in [0.4, 0.5) is 0 Å². The topological polar surface area (TPSA) is 25.2 Å². The zero-order valence-electron chi connectivity index (χ0n) is 10.8. The van der Waals surface area contributed by atoms with Crippen LogP contribution in [0.25, 0.3) is 10.9 Å². The molecule has 96 valence electrons. The first kappa shape index (κ1) is 13.0. The van der Waals surface area contributed by atoms with Gasteiger partial charge >= 0.3 is 0 Å². The van der Waals surface area contributed by atoms with Crippen LogP contribution in [0.5, 0.6) is 0 Å². The lowest BCUT2D eigenvalue weighted by Crippen LogP contribution is -2.29. The molecule has 0 saturated heterocycles. The van der Waals surface area contributed by atoms with Crippen molar-refractivity contribution >= 4 is 29.4 Å². The number of rotatable bonds is 4. The fourth-order valence-electron chi connectivity index (χ4n) is 2.16. The summed E-state index contributed by atoms with van der Waals surface area (Å²) < 4.78 is 2.13. The molecule has 0 bridgehead atoms. The molecule has 18 heavy (non-hydrogen) atoms. The number of aryl methyl sites for hydroxylation is 1. The number of benzene rings is 1. The highest BCUT2D eigenvalue weighted by Gasteiger charge is 2.09. The molecule has 4 heteroatoms. The lowest BCUT2D eigenvalue weighted by molar-refractivity contribution is -0.127. The van der Waals surface area contributed by atoms with Gasteiger partial charge in [-0.15, -0.1) is 0 Å². The average molecular weight is 262 g/mol. The van der Waals surface area contributed by atoms with Gasteiger partial charge in [0.05, 0.1) is 5.75 Å². The number of fused-ring (bicyclic) bond motifs is 1. The highest BCUT2D eigenvalue weighted by molar-refractivity contribution is 7.81. The Kier molecular flexibility index (Phi) is 3.97. The van der Waals surface area contributed by atoms with Crippen LogP contribution in [0.3, 0.4) is 0 Å². The maximum Gasteiger partial charge on any atom is 0.232 e. The van der Waals surface area contributed by atoms with E-state index in [-0.39, 0.29) is 11.7 Å². The van der Waals surface area contributed by atoms with Crippen LogP contribution in [-0.2, 0) is 18.3 Å². The maximum absolute atomic E-state index is 11.4. The molecular formula is C14H18N2OS. The van der Waals surface area contributed by atoms with E-state index in [4.69, 9.17) is 0 Å². The molecule has 1 aromatic heterocycles. The number of nitrogens with zero attached hydrogens (tertiary/aromatic N) is 2. The maximum atomic E-state index is 11.4. The number of carbonyl (C=O) groups excluding carboxylic acids is 1. The molecule has 0 aliphatic carbocycles. The van der Waals surface area contributed by atoms with Crippen LogP contribution >= 0.6 is 12.6 Å². The van der Waals surface area contributed by atoms with E-state index in [1.54, 1.807) is 4.90 Å². The quantitative estimate of drug-likeness (QED) is 0.839. The van der Waals surface area contributed by atoms with Crippen molar-refractivity contribution in [1.29, 1.82) is 0 Å². The number of para-hydroxylation sites is 1. The minimum Gasteiger partial charge on any atom is -0.350 e. The van der Waals surface area contributed by atoms with Gasteiger partial charge in [-0.05, 0) is 18.1 Å². The SMILES string of the molecule is CN(CCc1cn(C)c2ccccc12)C(=O)CS. The van der Waals surface area contributed by atoms with E-state index in [0.717, 1.165) is 13.0 Å². The second kappa shape index (κ2) is 5.48. The van der Waals surface area contributed by atoms with E-state index in [1.807, 2.05) is 13.1 Å². The molecule has 0 aliphatic heterocycles. The Bertz CT molecular complexity index is 562. The fraction of sp³-hybridized carbons (Fsp3) is 0.357. The second-order valence-corrected chi connectivity index (χ2v) is 4.82. The zero-order valence-corrected chi connectivity index (χ0v) is 11.7. The van der Waals surface area contributed by atoms with Crippen LogP contribution in [0.1, 0.15) is 5.56 Å². The van der Waals surface area contributed by atoms with Gasteiger partial charge in [0.15, 0.2) is 0 Å². The van der Waals surface area contributed by atoms with E-state index in [1.165, 1.54) is 16.5 Å². The number of thiol groups is 1. The van der Waals surface area contributed by atoms with E-state index in [9.17, 15) is 4.79 Å². The Morgan fingerprint density at radius 1 is 1.39 bits per heavy atom. The van der Waals surface area contributed by atoms with Crippen molar-refractivity contribution in [2.75, 3.05) is 19.3 Å². The monoisotopic (exact) mass is 262 g/mol. The lowest BCUT2D eigenvalue weighted by Gasteiger charge is -2.15. The van der Waals surface area contributed by atoms with Crippen molar-refractivity contribution < 1.29 is 4.79 Å². The highest BCUT2D eigenvalue weighted by Crippen LogP contribution is 2.20. The molecule has 3 nitrogen and oxygen atoms in total. The summed E-state index contributed by atoms with van der Waals surface area (Å²) in [4.78, 5) is 13.2. The molecule has 0 saturated carbocycles. The zero-order chi connectivity index (χ0) is 13.1. The summed E-state index contributed by atoms with van der Waals surface area (Å²) in [6, 6.07) is 8.34. The Morgan fingerprint density at radius 2 is 2.11 bits per heavy atom. The number of aromatic nitrogens is 1. The van der Waals surface area contributed by atoms with Gasteiger partial charge in [0, 0.05) is 37.7 Å². The summed E-state index contributed by atoms with van der Waals surface area (Å²) >= 11 is 4.00. The van der Waals surface area contributed by atoms with Gasteiger partial charge in [-0.25, -0.2) is 0 Å². The van der Waals surface area contributed by atoms with Crippen molar-refractivity contribution in [3.8, 4) is 0 Å². The molecule has 2 rings (SSSR count). The second-order valence-electron chi connectivity index (χ2n) is 4.51. The number of hydrogen-bond donors (Lipinski definition) is 1. The van der Waals surface area contributed by atoms with E-state index >= 15 is 0 Å². The van der Waals surface area contributed by atoms with Crippen LogP contribution < -0.4 is 0 Å². The normalized spacial score (nSPS) is 10.8. The molecular weight excluding hydrogens is 244 g/mol. The van der Waals surface area contributed by atoms with Crippen LogP contribution in [0, 0.1) is 0 Å². The third kappa shape index (κ3) is 2.53. The van der Waals surface area contributed by atoms with Gasteiger partial charge in [0.1, 0.15) is 0 Å². The first-order chi connectivity index (χ1) is 8.63. The van der Waals surface area contributed by atoms with Gasteiger partial charge in [-0.1, -0.05) is 18.2 Å². The third-order valence-electron chi connectivity index (χ3n) is 3.26. The van der Waals surface area contributed by atoms with E-state index < -0.39 is 0 Å². The van der Waals surface area contributed by atoms with Crippen molar-refractivity contribution in [3.05, 3.63) is 36.0 Å². The molecule has 2 aromatic rings. The van der Waals surface area contributed by atoms with Crippen LogP contribution in [0.15, 0.2) is 30.5 Å². The van der Waals surface area contributed by atoms with Crippen LogP contribution in [0.2, 0.25) is 0 Å². The van der Waals surface area contributed by atoms with Gasteiger partial charge in [0.25, 0.3) is 0 Å². The Labute approximate surface area is 113 Å². The van der Waals surface area contributed by atoms with Gasteiger partial charge in [0.2, 0.25) is 5.91 Å². The summed E-state index contributed by atoms with van der Waals surface area (Å²) in [6.45, 7) is 0.730. The van der Waals surface area contributed by atoms with Crippen LogP contribution in [-0.4, -0.2) is 34.7 Å². The molecule has 0 N–H and O–H groups in total. The molecule has 0 spiro atoms. The summed E-state index contributed by atoms with van der Waals surface area (Å²) in [5.74, 6) is 0.338. The van der Waals surface area contributed by atoms with Gasteiger partial charge in [-0.2, -0.15) is 12.6 Å². The highest BCUT2D eigenvalue weighted by atomic mass is 32.1. The Balaban J connectivity index is 2.15. The van der Waals surface area contributed by atoms with Crippen molar-refractivity contribution in [2.24, 2.45) is 7.05 Å². The Hall–Kier alpha value is -1.42. The lowest BCUT2D eigenvalue weighted by atomic mass is 10.1. The summed E-state index contributed by atoms with van der Waals surface area (Å²) in [5, 5.41) is 1.27. The molecule has 0 aliphatic rings. The average Bonchev–Trinajstić information content (AvgIpc) is 2.72. The summed E-state index contributed by atoms with van der Waals surface area (Å²) in [6.07, 6.45) is 3.01. The number of amides is 1. The first-order valence-electron chi connectivity index (χ1n) is 6.01. The van der Waals surface area contributed by atoms with E-state index in [0.29, 0.717) is 0 Å². The smallest absolute Gasteiger partial charge is 0.232 e. The van der Waals surface area contributed by atoms with E-state index in [2.05, 4.69) is 48.6 Å². The summed E-state index contributed by atoms with van der Waals surface area (Å²) in [5.41, 5.74) is 2.52. The molecule has 1 heterocycles. The minimum absolute atomic E-state index is 0.0681.